The summed E-state index contributed by atoms with van der Waals surface area (Å²) in [4.78, 5) is 4.47. The highest BCUT2D eigenvalue weighted by atomic mass is 15.3. The molecule has 1 aliphatic carbocycles. The van der Waals surface area contributed by atoms with Crippen LogP contribution in [0.4, 0.5) is 0 Å². The molecule has 1 aromatic heterocycles. The first-order valence-corrected chi connectivity index (χ1v) is 8.39. The van der Waals surface area contributed by atoms with Crippen LogP contribution < -0.4 is 5.32 Å². The standard InChI is InChI=1S/C16H30N4/c1-3-11-20-16(18-13-19-20)12-15(17-2)14-9-7-5-4-6-8-10-14/h13-15,17H,3-12H2,1-2H3. The Morgan fingerprint density at radius 2 is 1.95 bits per heavy atom. The summed E-state index contributed by atoms with van der Waals surface area (Å²) in [6.45, 7) is 3.17. The molecule has 0 aliphatic heterocycles. The molecule has 1 atom stereocenters. The maximum Gasteiger partial charge on any atom is 0.138 e. The maximum atomic E-state index is 4.47. The van der Waals surface area contributed by atoms with Crippen LogP contribution in [0.5, 0.6) is 0 Å². The molecule has 1 N–H and O–H groups in total. The Morgan fingerprint density at radius 3 is 2.60 bits per heavy atom. The van der Waals surface area contributed by atoms with E-state index in [9.17, 15) is 0 Å². The Kier molecular flexibility index (Phi) is 6.51. The Hall–Kier alpha value is -0.900. The molecule has 20 heavy (non-hydrogen) atoms. The minimum Gasteiger partial charge on any atom is -0.316 e. The first kappa shape index (κ1) is 15.5. The quantitative estimate of drug-likeness (QED) is 0.869. The predicted molar refractivity (Wildman–Crippen MR) is 82.7 cm³/mol. The van der Waals surface area contributed by atoms with Gasteiger partial charge in [0.2, 0.25) is 0 Å². The van der Waals surface area contributed by atoms with Gasteiger partial charge in [-0.25, -0.2) is 4.98 Å². The second kappa shape index (κ2) is 8.40. The highest BCUT2D eigenvalue weighted by Gasteiger charge is 2.22. The van der Waals surface area contributed by atoms with Crippen molar-refractivity contribution in [3.05, 3.63) is 12.2 Å². The lowest BCUT2D eigenvalue weighted by molar-refractivity contribution is 0.288. The van der Waals surface area contributed by atoms with Crippen LogP contribution in [0, 0.1) is 5.92 Å². The molecule has 4 nitrogen and oxygen atoms in total. The molecule has 0 radical (unpaired) electrons. The van der Waals surface area contributed by atoms with Crippen LogP contribution in [0.2, 0.25) is 0 Å². The summed E-state index contributed by atoms with van der Waals surface area (Å²) >= 11 is 0. The molecule has 0 saturated heterocycles. The predicted octanol–water partition coefficient (Wildman–Crippen LogP) is 3.18. The average molecular weight is 278 g/mol. The molecule has 1 unspecified atom stereocenters. The van der Waals surface area contributed by atoms with Gasteiger partial charge in [-0.15, -0.1) is 0 Å². The lowest BCUT2D eigenvalue weighted by atomic mass is 9.84. The van der Waals surface area contributed by atoms with Crippen LogP contribution >= 0.6 is 0 Å². The number of nitrogens with zero attached hydrogens (tertiary/aromatic N) is 3. The van der Waals surface area contributed by atoms with Crippen LogP contribution in [0.25, 0.3) is 0 Å². The maximum absolute atomic E-state index is 4.47. The van der Waals surface area contributed by atoms with E-state index in [4.69, 9.17) is 0 Å². The zero-order valence-corrected chi connectivity index (χ0v) is 13.1. The second-order valence-corrected chi connectivity index (χ2v) is 6.10. The van der Waals surface area contributed by atoms with Crippen molar-refractivity contribution >= 4 is 0 Å². The molecule has 1 saturated carbocycles. The molecular formula is C16H30N4. The molecule has 1 fully saturated rings. The fourth-order valence-electron chi connectivity index (χ4n) is 3.44. The molecular weight excluding hydrogens is 248 g/mol. The number of nitrogens with one attached hydrogen (secondary N) is 1. The molecule has 1 aromatic rings. The van der Waals surface area contributed by atoms with E-state index < -0.39 is 0 Å². The number of rotatable bonds is 6. The summed E-state index contributed by atoms with van der Waals surface area (Å²) in [5, 5.41) is 7.90. The van der Waals surface area contributed by atoms with E-state index in [0.717, 1.165) is 31.1 Å². The zero-order valence-electron chi connectivity index (χ0n) is 13.1. The van der Waals surface area contributed by atoms with Gasteiger partial charge in [0.15, 0.2) is 0 Å². The largest absolute Gasteiger partial charge is 0.316 e. The molecule has 0 aromatic carbocycles. The second-order valence-electron chi connectivity index (χ2n) is 6.10. The summed E-state index contributed by atoms with van der Waals surface area (Å²) in [7, 11) is 2.10. The third kappa shape index (κ3) is 4.30. The molecule has 1 heterocycles. The van der Waals surface area contributed by atoms with Crippen molar-refractivity contribution < 1.29 is 0 Å². The van der Waals surface area contributed by atoms with E-state index in [-0.39, 0.29) is 0 Å². The van der Waals surface area contributed by atoms with Crippen molar-refractivity contribution in [2.45, 2.75) is 77.3 Å². The normalized spacial score (nSPS) is 19.5. The minimum absolute atomic E-state index is 0.549. The van der Waals surface area contributed by atoms with Crippen molar-refractivity contribution in [1.82, 2.24) is 20.1 Å². The fraction of sp³-hybridized carbons (Fsp3) is 0.875. The van der Waals surface area contributed by atoms with Gasteiger partial charge in [-0.1, -0.05) is 39.0 Å². The molecule has 4 heteroatoms. The molecule has 1 aliphatic rings. The number of aryl methyl sites for hydroxylation is 1. The molecule has 0 bridgehead atoms. The summed E-state index contributed by atoms with van der Waals surface area (Å²) in [6, 6.07) is 0.549. The Morgan fingerprint density at radius 1 is 1.25 bits per heavy atom. The smallest absolute Gasteiger partial charge is 0.138 e. The van der Waals surface area contributed by atoms with Crippen molar-refractivity contribution in [3.63, 3.8) is 0 Å². The molecule has 0 spiro atoms. The number of likely N-dealkylation sites (N-methyl/N-ethyl adjacent to an activating group) is 1. The van der Waals surface area contributed by atoms with Gasteiger partial charge in [0.1, 0.15) is 12.2 Å². The summed E-state index contributed by atoms with van der Waals surface area (Å²) in [6.07, 6.45) is 13.6. The van der Waals surface area contributed by atoms with Gasteiger partial charge in [-0.2, -0.15) is 5.10 Å². The van der Waals surface area contributed by atoms with Gasteiger partial charge < -0.3 is 5.32 Å². The molecule has 0 amide bonds. The van der Waals surface area contributed by atoms with Gasteiger partial charge in [0.25, 0.3) is 0 Å². The average Bonchev–Trinajstić information content (AvgIpc) is 2.84. The SMILES string of the molecule is CCCn1ncnc1CC(NC)C1CCCCCCC1. The third-order valence-electron chi connectivity index (χ3n) is 4.62. The number of aromatic nitrogens is 3. The van der Waals surface area contributed by atoms with E-state index in [1.807, 2.05) is 0 Å². The van der Waals surface area contributed by atoms with Crippen molar-refractivity contribution in [1.29, 1.82) is 0 Å². The Labute approximate surface area is 123 Å². The first-order chi connectivity index (χ1) is 9.85. The van der Waals surface area contributed by atoms with E-state index in [1.54, 1.807) is 6.33 Å². The third-order valence-corrected chi connectivity index (χ3v) is 4.62. The Balaban J connectivity index is 1.97. The van der Waals surface area contributed by atoms with E-state index in [2.05, 4.69) is 34.1 Å². The lowest BCUT2D eigenvalue weighted by Gasteiger charge is -2.28. The highest BCUT2D eigenvalue weighted by molar-refractivity contribution is 4.92. The van der Waals surface area contributed by atoms with Gasteiger partial charge in [-0.3, -0.25) is 4.68 Å². The van der Waals surface area contributed by atoms with Crippen LogP contribution in [-0.2, 0) is 13.0 Å². The summed E-state index contributed by atoms with van der Waals surface area (Å²) in [5.41, 5.74) is 0. The monoisotopic (exact) mass is 278 g/mol. The van der Waals surface area contributed by atoms with Gasteiger partial charge >= 0.3 is 0 Å². The topological polar surface area (TPSA) is 42.7 Å². The highest BCUT2D eigenvalue weighted by Crippen LogP contribution is 2.26. The van der Waals surface area contributed by atoms with Crippen LogP contribution in [0.15, 0.2) is 6.33 Å². The minimum atomic E-state index is 0.549. The van der Waals surface area contributed by atoms with Crippen molar-refractivity contribution in [3.8, 4) is 0 Å². The van der Waals surface area contributed by atoms with Crippen LogP contribution in [0.1, 0.15) is 64.1 Å². The Bertz CT molecular complexity index is 366. The first-order valence-electron chi connectivity index (χ1n) is 8.39. The van der Waals surface area contributed by atoms with Gasteiger partial charge in [0, 0.05) is 19.0 Å². The fourth-order valence-corrected chi connectivity index (χ4v) is 3.44. The van der Waals surface area contributed by atoms with Crippen LogP contribution in [0.3, 0.4) is 0 Å². The van der Waals surface area contributed by atoms with Gasteiger partial charge in [-0.05, 0) is 32.2 Å². The molecule has 114 valence electrons. The number of hydrogen-bond donors (Lipinski definition) is 1. The summed E-state index contributed by atoms with van der Waals surface area (Å²) < 4.78 is 2.08. The van der Waals surface area contributed by atoms with E-state index in [0.29, 0.717) is 6.04 Å². The van der Waals surface area contributed by atoms with Crippen molar-refractivity contribution in [2.75, 3.05) is 7.05 Å². The van der Waals surface area contributed by atoms with E-state index in [1.165, 1.54) is 44.9 Å². The molecule has 2 rings (SSSR count). The van der Waals surface area contributed by atoms with E-state index >= 15 is 0 Å². The van der Waals surface area contributed by atoms with Gasteiger partial charge in [0.05, 0.1) is 0 Å². The number of hydrogen-bond acceptors (Lipinski definition) is 3. The van der Waals surface area contributed by atoms with Crippen LogP contribution in [-0.4, -0.2) is 27.9 Å². The summed E-state index contributed by atoms with van der Waals surface area (Å²) in [5.74, 6) is 1.94. The zero-order chi connectivity index (χ0) is 14.2. The lowest BCUT2D eigenvalue weighted by Crippen LogP contribution is -2.37. The van der Waals surface area contributed by atoms with Crippen molar-refractivity contribution in [2.24, 2.45) is 5.92 Å².